The van der Waals surface area contributed by atoms with Gasteiger partial charge in [0.2, 0.25) is 5.91 Å². The SMILES string of the molecule is COc1ccccc1OCCC(=O)N1C[C@@H](CN)[C@H](c2ccccc2)C1.Cl. The molecule has 0 spiro atoms. The van der Waals surface area contributed by atoms with E-state index in [9.17, 15) is 4.79 Å². The van der Waals surface area contributed by atoms with Gasteiger partial charge in [-0.1, -0.05) is 42.5 Å². The van der Waals surface area contributed by atoms with E-state index in [1.54, 1.807) is 7.11 Å². The van der Waals surface area contributed by atoms with Crippen molar-refractivity contribution < 1.29 is 14.3 Å². The van der Waals surface area contributed by atoms with Crippen LogP contribution in [-0.4, -0.2) is 44.2 Å². The molecule has 0 aromatic heterocycles. The Labute approximate surface area is 166 Å². The Bertz CT molecular complexity index is 726. The second-order valence-corrected chi connectivity index (χ2v) is 6.56. The summed E-state index contributed by atoms with van der Waals surface area (Å²) in [7, 11) is 1.61. The van der Waals surface area contributed by atoms with Crippen molar-refractivity contribution in [3.63, 3.8) is 0 Å². The van der Waals surface area contributed by atoms with Gasteiger partial charge in [-0.15, -0.1) is 12.4 Å². The average molecular weight is 391 g/mol. The molecule has 2 aromatic rings. The summed E-state index contributed by atoms with van der Waals surface area (Å²) in [6, 6.07) is 17.8. The molecular weight excluding hydrogens is 364 g/mol. The van der Waals surface area contributed by atoms with Crippen LogP contribution in [-0.2, 0) is 4.79 Å². The minimum atomic E-state index is 0. The molecule has 0 saturated carbocycles. The quantitative estimate of drug-likeness (QED) is 0.789. The minimum Gasteiger partial charge on any atom is -0.493 e. The number of amides is 1. The highest BCUT2D eigenvalue weighted by molar-refractivity contribution is 5.85. The number of rotatable bonds is 7. The third-order valence-corrected chi connectivity index (χ3v) is 4.97. The molecule has 2 aromatic carbocycles. The summed E-state index contributed by atoms with van der Waals surface area (Å²) in [6.07, 6.45) is 0.344. The van der Waals surface area contributed by atoms with Crippen LogP contribution in [0.2, 0.25) is 0 Å². The van der Waals surface area contributed by atoms with Crippen molar-refractivity contribution in [1.29, 1.82) is 0 Å². The fourth-order valence-corrected chi connectivity index (χ4v) is 3.54. The number of hydrogen-bond acceptors (Lipinski definition) is 4. The van der Waals surface area contributed by atoms with Gasteiger partial charge in [-0.25, -0.2) is 0 Å². The summed E-state index contributed by atoms with van der Waals surface area (Å²) in [5, 5.41) is 0. The maximum absolute atomic E-state index is 12.6. The van der Waals surface area contributed by atoms with Crippen LogP contribution in [0.1, 0.15) is 17.9 Å². The molecule has 1 aliphatic heterocycles. The molecule has 1 heterocycles. The maximum atomic E-state index is 12.6. The van der Waals surface area contributed by atoms with Gasteiger partial charge in [-0.2, -0.15) is 0 Å². The Hall–Kier alpha value is -2.24. The van der Waals surface area contributed by atoms with Gasteiger partial charge in [0, 0.05) is 19.0 Å². The molecule has 2 atom stereocenters. The van der Waals surface area contributed by atoms with Crippen molar-refractivity contribution in [3.8, 4) is 11.5 Å². The van der Waals surface area contributed by atoms with E-state index in [1.165, 1.54) is 5.56 Å². The number of hydrogen-bond donors (Lipinski definition) is 1. The monoisotopic (exact) mass is 390 g/mol. The molecular formula is C21H27ClN2O3. The Morgan fingerprint density at radius 3 is 2.41 bits per heavy atom. The first-order valence-corrected chi connectivity index (χ1v) is 9.01. The number of likely N-dealkylation sites (tertiary alicyclic amines) is 1. The third-order valence-electron chi connectivity index (χ3n) is 4.97. The van der Waals surface area contributed by atoms with Crippen LogP contribution in [0, 0.1) is 5.92 Å². The molecule has 3 rings (SSSR count). The van der Waals surface area contributed by atoms with E-state index >= 15 is 0 Å². The summed E-state index contributed by atoms with van der Waals surface area (Å²) in [5.74, 6) is 2.05. The zero-order valence-electron chi connectivity index (χ0n) is 15.5. The Morgan fingerprint density at radius 1 is 1.07 bits per heavy atom. The first-order chi connectivity index (χ1) is 12.7. The van der Waals surface area contributed by atoms with Crippen LogP contribution in [0.25, 0.3) is 0 Å². The van der Waals surface area contributed by atoms with E-state index in [4.69, 9.17) is 15.2 Å². The number of ether oxygens (including phenoxy) is 2. The van der Waals surface area contributed by atoms with Crippen molar-refractivity contribution in [2.45, 2.75) is 12.3 Å². The molecule has 0 unspecified atom stereocenters. The lowest BCUT2D eigenvalue weighted by Gasteiger charge is -2.17. The molecule has 1 amide bonds. The largest absolute Gasteiger partial charge is 0.493 e. The molecule has 2 N–H and O–H groups in total. The van der Waals surface area contributed by atoms with Crippen LogP contribution in [0.15, 0.2) is 54.6 Å². The molecule has 0 radical (unpaired) electrons. The first-order valence-electron chi connectivity index (χ1n) is 9.01. The Balaban J connectivity index is 0.00000261. The van der Waals surface area contributed by atoms with E-state index < -0.39 is 0 Å². The van der Waals surface area contributed by atoms with Gasteiger partial charge in [0.1, 0.15) is 0 Å². The topological polar surface area (TPSA) is 64.8 Å². The van der Waals surface area contributed by atoms with Gasteiger partial charge in [0.25, 0.3) is 0 Å². The Kier molecular flexibility index (Phi) is 7.95. The van der Waals surface area contributed by atoms with Gasteiger partial charge >= 0.3 is 0 Å². The molecule has 1 aliphatic rings. The zero-order valence-corrected chi connectivity index (χ0v) is 16.4. The lowest BCUT2D eigenvalue weighted by atomic mass is 9.89. The zero-order chi connectivity index (χ0) is 18.4. The summed E-state index contributed by atoms with van der Waals surface area (Å²) in [5.41, 5.74) is 7.21. The number of para-hydroxylation sites is 2. The van der Waals surface area contributed by atoms with Crippen molar-refractivity contribution >= 4 is 18.3 Å². The van der Waals surface area contributed by atoms with Gasteiger partial charge in [0.15, 0.2) is 11.5 Å². The summed E-state index contributed by atoms with van der Waals surface area (Å²) in [4.78, 5) is 14.5. The van der Waals surface area contributed by atoms with E-state index in [0.717, 1.165) is 6.54 Å². The number of benzene rings is 2. The van der Waals surface area contributed by atoms with Crippen molar-refractivity contribution in [1.82, 2.24) is 4.90 Å². The molecule has 0 bridgehead atoms. The smallest absolute Gasteiger partial charge is 0.226 e. The highest BCUT2D eigenvalue weighted by atomic mass is 35.5. The molecule has 1 saturated heterocycles. The van der Waals surface area contributed by atoms with E-state index in [-0.39, 0.29) is 18.3 Å². The van der Waals surface area contributed by atoms with Crippen LogP contribution in [0.4, 0.5) is 0 Å². The van der Waals surface area contributed by atoms with Crippen LogP contribution in [0.5, 0.6) is 11.5 Å². The van der Waals surface area contributed by atoms with E-state index in [1.807, 2.05) is 47.4 Å². The van der Waals surface area contributed by atoms with Crippen LogP contribution in [0.3, 0.4) is 0 Å². The molecule has 146 valence electrons. The second-order valence-electron chi connectivity index (χ2n) is 6.56. The molecule has 5 nitrogen and oxygen atoms in total. The Morgan fingerprint density at radius 2 is 1.74 bits per heavy atom. The van der Waals surface area contributed by atoms with Crippen LogP contribution < -0.4 is 15.2 Å². The first kappa shape index (κ1) is 21.1. The highest BCUT2D eigenvalue weighted by Crippen LogP contribution is 2.32. The average Bonchev–Trinajstić information content (AvgIpc) is 3.13. The maximum Gasteiger partial charge on any atom is 0.226 e. The van der Waals surface area contributed by atoms with E-state index in [2.05, 4.69) is 12.1 Å². The number of nitrogens with two attached hydrogens (primary N) is 1. The third kappa shape index (κ3) is 5.15. The fraction of sp³-hybridized carbons (Fsp3) is 0.381. The predicted octanol–water partition coefficient (Wildman–Crippen LogP) is 3.09. The lowest BCUT2D eigenvalue weighted by molar-refractivity contribution is -0.130. The second kappa shape index (κ2) is 10.2. The highest BCUT2D eigenvalue weighted by Gasteiger charge is 2.34. The standard InChI is InChI=1S/C21H26N2O3.ClH/c1-25-19-9-5-6-10-20(19)26-12-11-21(24)23-14-17(13-22)18(15-23)16-7-3-2-4-8-16;/h2-10,17-18H,11-15,22H2,1H3;1H/t17-,18+;/m1./s1. The van der Waals surface area contributed by atoms with Crippen LogP contribution >= 0.6 is 12.4 Å². The normalized spacial score (nSPS) is 18.7. The minimum absolute atomic E-state index is 0. The van der Waals surface area contributed by atoms with Gasteiger partial charge in [0.05, 0.1) is 20.1 Å². The molecule has 0 aliphatic carbocycles. The summed E-state index contributed by atoms with van der Waals surface area (Å²) < 4.78 is 11.0. The van der Waals surface area contributed by atoms with Crippen molar-refractivity contribution in [3.05, 3.63) is 60.2 Å². The van der Waals surface area contributed by atoms with Crippen molar-refractivity contribution in [2.75, 3.05) is 33.4 Å². The van der Waals surface area contributed by atoms with Gasteiger partial charge < -0.3 is 20.1 Å². The molecule has 1 fully saturated rings. The lowest BCUT2D eigenvalue weighted by Crippen LogP contribution is -2.30. The number of carbonyl (C=O) groups is 1. The molecule has 27 heavy (non-hydrogen) atoms. The number of carbonyl (C=O) groups excluding carboxylic acids is 1. The van der Waals surface area contributed by atoms with Gasteiger partial charge in [-0.3, -0.25) is 4.79 Å². The molecule has 6 heteroatoms. The fourth-order valence-electron chi connectivity index (χ4n) is 3.54. The number of nitrogens with zero attached hydrogens (tertiary/aromatic N) is 1. The number of halogens is 1. The van der Waals surface area contributed by atoms with E-state index in [0.29, 0.717) is 49.5 Å². The summed E-state index contributed by atoms with van der Waals surface area (Å²) in [6.45, 7) is 2.35. The number of methoxy groups -OCH3 is 1. The predicted molar refractivity (Wildman–Crippen MR) is 109 cm³/mol. The van der Waals surface area contributed by atoms with Crippen molar-refractivity contribution in [2.24, 2.45) is 11.7 Å². The summed E-state index contributed by atoms with van der Waals surface area (Å²) >= 11 is 0. The van der Waals surface area contributed by atoms with Gasteiger partial charge in [-0.05, 0) is 30.2 Å².